The van der Waals surface area contributed by atoms with Crippen molar-refractivity contribution in [3.63, 3.8) is 0 Å². The maximum atomic E-state index is 12.8. The molecule has 8 nitrogen and oxygen atoms in total. The van der Waals surface area contributed by atoms with Gasteiger partial charge in [-0.2, -0.15) is 0 Å². The Kier molecular flexibility index (Phi) is 6.20. The van der Waals surface area contributed by atoms with Gasteiger partial charge in [-0.3, -0.25) is 4.79 Å². The highest BCUT2D eigenvalue weighted by Gasteiger charge is 2.18. The Labute approximate surface area is 186 Å². The fraction of sp³-hybridized carbons (Fsp3) is 0.130. The first-order valence-corrected chi connectivity index (χ1v) is 11.4. The molecule has 164 valence electrons. The van der Waals surface area contributed by atoms with Gasteiger partial charge in [0.15, 0.2) is 0 Å². The maximum absolute atomic E-state index is 12.8. The Bertz CT molecular complexity index is 1280. The highest BCUT2D eigenvalue weighted by atomic mass is 32.2. The summed E-state index contributed by atoms with van der Waals surface area (Å²) in [7, 11) is -3.80. The van der Waals surface area contributed by atoms with Gasteiger partial charge < -0.3 is 14.3 Å². The van der Waals surface area contributed by atoms with Crippen LogP contribution >= 0.6 is 0 Å². The molecule has 1 amide bonds. The average molecular weight is 451 g/mol. The van der Waals surface area contributed by atoms with Crippen LogP contribution in [-0.4, -0.2) is 23.9 Å². The normalized spacial score (nSPS) is 12.4. The van der Waals surface area contributed by atoms with E-state index in [1.54, 1.807) is 36.8 Å². The second-order valence-corrected chi connectivity index (χ2v) is 8.96. The van der Waals surface area contributed by atoms with Crippen molar-refractivity contribution in [2.24, 2.45) is 0 Å². The molecule has 0 spiro atoms. The minimum Gasteiger partial charge on any atom is -0.468 e. The molecule has 0 aliphatic carbocycles. The molecule has 1 atom stereocenters. The van der Waals surface area contributed by atoms with Gasteiger partial charge in [0.2, 0.25) is 10.0 Å². The summed E-state index contributed by atoms with van der Waals surface area (Å²) in [5.41, 5.74) is 2.14. The molecule has 0 saturated heterocycles. The van der Waals surface area contributed by atoms with Crippen LogP contribution in [0.4, 0.5) is 0 Å². The third-order valence-corrected chi connectivity index (χ3v) is 6.37. The molecule has 0 aliphatic heterocycles. The van der Waals surface area contributed by atoms with Gasteiger partial charge in [0.1, 0.15) is 5.76 Å². The van der Waals surface area contributed by atoms with Crippen LogP contribution in [0.1, 0.15) is 34.6 Å². The summed E-state index contributed by atoms with van der Waals surface area (Å²) < 4.78 is 34.7. The number of hydrogen-bond acceptors (Lipinski definition) is 5. The second kappa shape index (κ2) is 9.21. The van der Waals surface area contributed by atoms with Crippen LogP contribution in [0.3, 0.4) is 0 Å². The smallest absolute Gasteiger partial charge is 0.251 e. The number of rotatable bonds is 8. The lowest BCUT2D eigenvalue weighted by atomic mass is 10.1. The van der Waals surface area contributed by atoms with Gasteiger partial charge in [0.05, 0.1) is 30.1 Å². The fourth-order valence-electron chi connectivity index (χ4n) is 3.18. The van der Waals surface area contributed by atoms with Crippen molar-refractivity contribution >= 4 is 15.9 Å². The zero-order valence-electron chi connectivity index (χ0n) is 17.3. The van der Waals surface area contributed by atoms with Crippen molar-refractivity contribution in [1.82, 2.24) is 19.6 Å². The van der Waals surface area contributed by atoms with Crippen molar-refractivity contribution in [3.8, 4) is 5.69 Å². The van der Waals surface area contributed by atoms with E-state index in [-0.39, 0.29) is 29.0 Å². The summed E-state index contributed by atoms with van der Waals surface area (Å²) in [6, 6.07) is 16.8. The van der Waals surface area contributed by atoms with Gasteiger partial charge in [0.25, 0.3) is 5.91 Å². The average Bonchev–Trinajstić information content (AvgIpc) is 3.52. The van der Waals surface area contributed by atoms with E-state index in [1.807, 2.05) is 42.0 Å². The maximum Gasteiger partial charge on any atom is 0.251 e. The lowest BCUT2D eigenvalue weighted by Crippen LogP contribution is -2.27. The first kappa shape index (κ1) is 21.5. The number of nitrogens with zero attached hydrogens (tertiary/aromatic N) is 2. The Morgan fingerprint density at radius 3 is 2.62 bits per heavy atom. The molecule has 4 aromatic rings. The van der Waals surface area contributed by atoms with E-state index in [1.165, 1.54) is 18.4 Å². The molecule has 0 radical (unpaired) electrons. The summed E-state index contributed by atoms with van der Waals surface area (Å²) in [5, 5.41) is 2.91. The first-order chi connectivity index (χ1) is 15.4. The van der Waals surface area contributed by atoms with E-state index < -0.39 is 10.0 Å². The van der Waals surface area contributed by atoms with Crippen molar-refractivity contribution in [2.45, 2.75) is 24.4 Å². The first-order valence-electron chi connectivity index (χ1n) is 9.94. The molecular formula is C23H22N4O4S. The molecule has 0 unspecified atom stereocenters. The third-order valence-electron chi connectivity index (χ3n) is 4.97. The number of nitrogens with one attached hydrogen (secondary N) is 2. The molecule has 2 aromatic heterocycles. The second-order valence-electron chi connectivity index (χ2n) is 7.19. The number of furan rings is 1. The van der Waals surface area contributed by atoms with Gasteiger partial charge in [-0.05, 0) is 55.0 Å². The van der Waals surface area contributed by atoms with Gasteiger partial charge in [0, 0.05) is 23.6 Å². The fourth-order valence-corrected chi connectivity index (χ4v) is 4.22. The lowest BCUT2D eigenvalue weighted by molar-refractivity contribution is 0.0939. The Hall–Kier alpha value is -3.69. The van der Waals surface area contributed by atoms with Crippen molar-refractivity contribution in [1.29, 1.82) is 0 Å². The molecule has 4 rings (SSSR count). The van der Waals surface area contributed by atoms with E-state index in [4.69, 9.17) is 4.42 Å². The molecule has 0 saturated carbocycles. The van der Waals surface area contributed by atoms with Gasteiger partial charge in [-0.1, -0.05) is 18.2 Å². The molecule has 2 aromatic carbocycles. The van der Waals surface area contributed by atoms with E-state index in [0.717, 1.165) is 11.3 Å². The number of amides is 1. The van der Waals surface area contributed by atoms with Gasteiger partial charge >= 0.3 is 0 Å². The van der Waals surface area contributed by atoms with E-state index >= 15 is 0 Å². The highest BCUT2D eigenvalue weighted by molar-refractivity contribution is 7.89. The van der Waals surface area contributed by atoms with Crippen LogP contribution in [0, 0.1) is 0 Å². The quantitative estimate of drug-likeness (QED) is 0.428. The standard InChI is InChI=1S/C23H22N4O4S/c1-17(18-7-9-20(10-8-18)27-12-11-24-16-27)26-23(28)19-4-2-6-22(14-19)32(29,30)25-15-21-5-3-13-31-21/h2-14,16-17,25H,15H2,1H3,(H,26,28)/t17-/m1/s1. The Balaban J connectivity index is 1.43. The zero-order valence-corrected chi connectivity index (χ0v) is 18.1. The number of sulfonamides is 1. The molecule has 0 bridgehead atoms. The Morgan fingerprint density at radius 2 is 1.94 bits per heavy atom. The largest absolute Gasteiger partial charge is 0.468 e. The lowest BCUT2D eigenvalue weighted by Gasteiger charge is -2.15. The van der Waals surface area contributed by atoms with Gasteiger partial charge in [-0.15, -0.1) is 0 Å². The van der Waals surface area contributed by atoms with E-state index in [0.29, 0.717) is 5.76 Å². The predicted octanol–water partition coefficient (Wildman–Crippen LogP) is 3.43. The number of aromatic nitrogens is 2. The van der Waals surface area contributed by atoms with Crippen molar-refractivity contribution in [2.75, 3.05) is 0 Å². The molecule has 0 fully saturated rings. The number of imidazole rings is 1. The summed E-state index contributed by atoms with van der Waals surface area (Å²) in [6.07, 6.45) is 6.74. The number of benzene rings is 2. The predicted molar refractivity (Wildman–Crippen MR) is 119 cm³/mol. The summed E-state index contributed by atoms with van der Waals surface area (Å²) >= 11 is 0. The number of carbonyl (C=O) groups excluding carboxylic acids is 1. The number of hydrogen-bond donors (Lipinski definition) is 2. The zero-order chi connectivity index (χ0) is 22.6. The van der Waals surface area contributed by atoms with Crippen molar-refractivity contribution < 1.29 is 17.6 Å². The monoisotopic (exact) mass is 450 g/mol. The highest BCUT2D eigenvalue weighted by Crippen LogP contribution is 2.18. The van der Waals surface area contributed by atoms with Gasteiger partial charge in [-0.25, -0.2) is 18.1 Å². The van der Waals surface area contributed by atoms with Crippen LogP contribution in [-0.2, 0) is 16.6 Å². The molecular weight excluding hydrogens is 428 g/mol. The minimum atomic E-state index is -3.80. The number of carbonyl (C=O) groups is 1. The van der Waals surface area contributed by atoms with E-state index in [9.17, 15) is 13.2 Å². The van der Waals surface area contributed by atoms with Crippen LogP contribution in [0.15, 0.2) is 95.0 Å². The molecule has 9 heteroatoms. The van der Waals surface area contributed by atoms with Crippen molar-refractivity contribution in [3.05, 3.63) is 103 Å². The summed E-state index contributed by atoms with van der Waals surface area (Å²) in [4.78, 5) is 16.8. The molecule has 0 aliphatic rings. The minimum absolute atomic E-state index is 0.00837. The van der Waals surface area contributed by atoms with Crippen LogP contribution in [0.2, 0.25) is 0 Å². The van der Waals surface area contributed by atoms with Crippen LogP contribution < -0.4 is 10.0 Å². The molecule has 2 heterocycles. The molecule has 32 heavy (non-hydrogen) atoms. The third kappa shape index (κ3) is 4.96. The summed E-state index contributed by atoms with van der Waals surface area (Å²) in [6.45, 7) is 1.90. The Morgan fingerprint density at radius 1 is 1.12 bits per heavy atom. The van der Waals surface area contributed by atoms with E-state index in [2.05, 4.69) is 15.0 Å². The molecule has 2 N–H and O–H groups in total. The topological polar surface area (TPSA) is 106 Å². The SMILES string of the molecule is C[C@@H](NC(=O)c1cccc(S(=O)(=O)NCc2ccco2)c1)c1ccc(-n2ccnc2)cc1. The summed E-state index contributed by atoms with van der Waals surface area (Å²) in [5.74, 6) is 0.134. The van der Waals surface area contributed by atoms with Crippen LogP contribution in [0.25, 0.3) is 5.69 Å². The van der Waals surface area contributed by atoms with Crippen LogP contribution in [0.5, 0.6) is 0 Å².